The molecule has 13 heavy (non-hydrogen) atoms. The van der Waals surface area contributed by atoms with Crippen LogP contribution >= 0.6 is 0 Å². The van der Waals surface area contributed by atoms with Gasteiger partial charge in [-0.15, -0.1) is 0 Å². The average molecular weight is 183 g/mol. The molecule has 0 saturated carbocycles. The van der Waals surface area contributed by atoms with Gasteiger partial charge in [0.15, 0.2) is 0 Å². The lowest BCUT2D eigenvalue weighted by molar-refractivity contribution is -0.127. The van der Waals surface area contributed by atoms with Gasteiger partial charge in [-0.1, -0.05) is 0 Å². The van der Waals surface area contributed by atoms with Crippen LogP contribution in [0.25, 0.3) is 0 Å². The van der Waals surface area contributed by atoms with E-state index in [2.05, 4.69) is 5.32 Å². The molecule has 3 heteroatoms. The van der Waals surface area contributed by atoms with Gasteiger partial charge in [-0.05, 0) is 32.4 Å². The molecule has 74 valence electrons. The Morgan fingerprint density at radius 2 is 1.92 bits per heavy atom. The van der Waals surface area contributed by atoms with Crippen molar-refractivity contribution in [2.45, 2.75) is 19.3 Å². The van der Waals surface area contributed by atoms with Gasteiger partial charge in [0.1, 0.15) is 5.78 Å². The Labute approximate surface area is 78.8 Å². The summed E-state index contributed by atoms with van der Waals surface area (Å²) in [4.78, 5) is 11.9. The lowest BCUT2D eigenvalue weighted by Gasteiger charge is -2.23. The third-order valence-electron chi connectivity index (χ3n) is 3.07. The molecule has 0 aromatic heterocycles. The van der Waals surface area contributed by atoms with Crippen molar-refractivity contribution in [3.63, 3.8) is 0 Å². The molecule has 1 unspecified atom stereocenters. The van der Waals surface area contributed by atoms with Crippen LogP contribution in [-0.2, 0) is 9.53 Å². The van der Waals surface area contributed by atoms with Crippen molar-refractivity contribution in [2.75, 3.05) is 26.3 Å². The number of carbonyl (C=O) groups is 1. The SMILES string of the molecule is O=C(C1CCNCC1)C1CCOC1. The summed E-state index contributed by atoms with van der Waals surface area (Å²) in [5.41, 5.74) is 0. The van der Waals surface area contributed by atoms with E-state index in [4.69, 9.17) is 4.74 Å². The first-order chi connectivity index (χ1) is 6.38. The van der Waals surface area contributed by atoms with Crippen molar-refractivity contribution in [1.82, 2.24) is 5.32 Å². The molecular formula is C10H17NO2. The second-order valence-corrected chi connectivity index (χ2v) is 3.99. The fraction of sp³-hybridized carbons (Fsp3) is 0.900. The first-order valence-electron chi connectivity index (χ1n) is 5.20. The number of rotatable bonds is 2. The average Bonchev–Trinajstić information content (AvgIpc) is 2.71. The molecule has 1 N–H and O–H groups in total. The van der Waals surface area contributed by atoms with Gasteiger partial charge in [-0.3, -0.25) is 4.79 Å². The van der Waals surface area contributed by atoms with Gasteiger partial charge in [0.2, 0.25) is 0 Å². The second-order valence-electron chi connectivity index (χ2n) is 3.99. The van der Waals surface area contributed by atoms with Crippen LogP contribution in [-0.4, -0.2) is 32.1 Å². The zero-order valence-corrected chi connectivity index (χ0v) is 7.92. The highest BCUT2D eigenvalue weighted by Gasteiger charge is 2.30. The van der Waals surface area contributed by atoms with Crippen LogP contribution in [0.4, 0.5) is 0 Å². The number of piperidine rings is 1. The maximum absolute atomic E-state index is 11.9. The van der Waals surface area contributed by atoms with Crippen LogP contribution in [0, 0.1) is 11.8 Å². The predicted octanol–water partition coefficient (Wildman–Crippen LogP) is 0.592. The first-order valence-corrected chi connectivity index (χ1v) is 5.20. The van der Waals surface area contributed by atoms with Gasteiger partial charge in [-0.25, -0.2) is 0 Å². The summed E-state index contributed by atoms with van der Waals surface area (Å²) in [6.45, 7) is 3.46. The van der Waals surface area contributed by atoms with E-state index in [1.807, 2.05) is 0 Å². The fourth-order valence-corrected chi connectivity index (χ4v) is 2.20. The third-order valence-corrected chi connectivity index (χ3v) is 3.07. The van der Waals surface area contributed by atoms with E-state index >= 15 is 0 Å². The van der Waals surface area contributed by atoms with Gasteiger partial charge >= 0.3 is 0 Å². The van der Waals surface area contributed by atoms with Crippen molar-refractivity contribution in [1.29, 1.82) is 0 Å². The Bertz CT molecular complexity index is 181. The number of ether oxygens (including phenoxy) is 1. The summed E-state index contributed by atoms with van der Waals surface area (Å²) < 4.78 is 5.23. The van der Waals surface area contributed by atoms with Crippen LogP contribution in [0.3, 0.4) is 0 Å². The molecule has 0 aliphatic carbocycles. The minimum absolute atomic E-state index is 0.211. The summed E-state index contributed by atoms with van der Waals surface area (Å²) >= 11 is 0. The van der Waals surface area contributed by atoms with Gasteiger partial charge in [-0.2, -0.15) is 0 Å². The maximum Gasteiger partial charge on any atom is 0.141 e. The van der Waals surface area contributed by atoms with Crippen molar-refractivity contribution in [3.8, 4) is 0 Å². The Hall–Kier alpha value is -0.410. The third kappa shape index (κ3) is 2.09. The number of hydrogen-bond acceptors (Lipinski definition) is 3. The molecular weight excluding hydrogens is 166 g/mol. The number of carbonyl (C=O) groups excluding carboxylic acids is 1. The fourth-order valence-electron chi connectivity index (χ4n) is 2.20. The summed E-state index contributed by atoms with van der Waals surface area (Å²) in [6.07, 6.45) is 2.99. The lowest BCUT2D eigenvalue weighted by atomic mass is 9.86. The highest BCUT2D eigenvalue weighted by molar-refractivity contribution is 5.83. The highest BCUT2D eigenvalue weighted by Crippen LogP contribution is 2.22. The van der Waals surface area contributed by atoms with Gasteiger partial charge in [0.05, 0.1) is 6.61 Å². The van der Waals surface area contributed by atoms with Gasteiger partial charge < -0.3 is 10.1 Å². The molecule has 2 rings (SSSR count). The van der Waals surface area contributed by atoms with Crippen molar-refractivity contribution >= 4 is 5.78 Å². The summed E-state index contributed by atoms with van der Waals surface area (Å²) in [5.74, 6) is 0.982. The molecule has 2 fully saturated rings. The first kappa shape index (κ1) is 9.16. The van der Waals surface area contributed by atoms with Gasteiger partial charge in [0.25, 0.3) is 0 Å². The van der Waals surface area contributed by atoms with Crippen molar-refractivity contribution < 1.29 is 9.53 Å². The normalized spacial score (nSPS) is 30.6. The molecule has 3 nitrogen and oxygen atoms in total. The smallest absolute Gasteiger partial charge is 0.141 e. The second kappa shape index (κ2) is 4.20. The molecule has 0 aromatic rings. The van der Waals surface area contributed by atoms with E-state index < -0.39 is 0 Å². The number of nitrogens with one attached hydrogen (secondary N) is 1. The van der Waals surface area contributed by atoms with Crippen molar-refractivity contribution in [3.05, 3.63) is 0 Å². The van der Waals surface area contributed by atoms with E-state index in [0.717, 1.165) is 39.0 Å². The van der Waals surface area contributed by atoms with Crippen LogP contribution in [0.2, 0.25) is 0 Å². The number of ketones is 1. The highest BCUT2D eigenvalue weighted by atomic mass is 16.5. The summed E-state index contributed by atoms with van der Waals surface area (Å²) in [7, 11) is 0. The topological polar surface area (TPSA) is 38.3 Å². The molecule has 0 bridgehead atoms. The Balaban J connectivity index is 1.87. The van der Waals surface area contributed by atoms with Gasteiger partial charge in [0, 0.05) is 18.4 Å². The van der Waals surface area contributed by atoms with E-state index in [1.165, 1.54) is 0 Å². The zero-order chi connectivity index (χ0) is 9.10. The monoisotopic (exact) mass is 183 g/mol. The molecule has 0 spiro atoms. The Kier molecular flexibility index (Phi) is 2.96. The molecule has 2 saturated heterocycles. The van der Waals surface area contributed by atoms with Crippen molar-refractivity contribution in [2.24, 2.45) is 11.8 Å². The lowest BCUT2D eigenvalue weighted by Crippen LogP contribution is -2.34. The summed E-state index contributed by atoms with van der Waals surface area (Å²) in [5, 5.41) is 3.28. The quantitative estimate of drug-likeness (QED) is 0.681. The Morgan fingerprint density at radius 3 is 2.54 bits per heavy atom. The largest absolute Gasteiger partial charge is 0.381 e. The molecule has 1 atom stereocenters. The Morgan fingerprint density at radius 1 is 1.15 bits per heavy atom. The van der Waals surface area contributed by atoms with E-state index in [-0.39, 0.29) is 5.92 Å². The molecule has 0 amide bonds. The minimum Gasteiger partial charge on any atom is -0.381 e. The standard InChI is InChI=1S/C10H17NO2/c12-10(9-3-6-13-7-9)8-1-4-11-5-2-8/h8-9,11H,1-7H2. The van der Waals surface area contributed by atoms with E-state index in [9.17, 15) is 4.79 Å². The van der Waals surface area contributed by atoms with Crippen LogP contribution in [0.1, 0.15) is 19.3 Å². The maximum atomic E-state index is 11.9. The zero-order valence-electron chi connectivity index (χ0n) is 7.92. The molecule has 2 aliphatic rings. The molecule has 2 aliphatic heterocycles. The molecule has 0 radical (unpaired) electrons. The van der Waals surface area contributed by atoms with E-state index in [0.29, 0.717) is 18.3 Å². The number of hydrogen-bond donors (Lipinski definition) is 1. The number of Topliss-reactive ketones (excluding diaryl/α,β-unsaturated/α-hetero) is 1. The molecule has 0 aromatic carbocycles. The van der Waals surface area contributed by atoms with Crippen LogP contribution in [0.5, 0.6) is 0 Å². The molecule has 2 heterocycles. The van der Waals surface area contributed by atoms with E-state index in [1.54, 1.807) is 0 Å². The predicted molar refractivity (Wildman–Crippen MR) is 49.5 cm³/mol. The van der Waals surface area contributed by atoms with Crippen LogP contribution in [0.15, 0.2) is 0 Å². The summed E-state index contributed by atoms with van der Waals surface area (Å²) in [6, 6.07) is 0. The minimum atomic E-state index is 0.211. The van der Waals surface area contributed by atoms with Crippen LogP contribution < -0.4 is 5.32 Å².